The normalized spacial score (nSPS) is 17.1. The maximum Gasteiger partial charge on any atom is 0.410 e. The van der Waals surface area contributed by atoms with Gasteiger partial charge in [-0.15, -0.1) is 0 Å². The SMILES string of the molecule is CC1CN(c2ccc(Br)c3c2CN(C(=O)OCc2ccccc2)CC3)CCN1C(=O)Cn1cnc2cccnc21. The maximum atomic E-state index is 13.3. The number of aromatic nitrogens is 3. The summed E-state index contributed by atoms with van der Waals surface area (Å²) in [6.45, 7) is 5.71. The summed E-state index contributed by atoms with van der Waals surface area (Å²) in [6.07, 6.45) is 3.85. The molecule has 2 aromatic heterocycles. The third-order valence-corrected chi connectivity index (χ3v) is 8.50. The first-order valence-electron chi connectivity index (χ1n) is 13.5. The third kappa shape index (κ3) is 5.28. The van der Waals surface area contributed by atoms with Gasteiger partial charge in [0.2, 0.25) is 5.91 Å². The van der Waals surface area contributed by atoms with Gasteiger partial charge in [-0.25, -0.2) is 14.8 Å². The minimum atomic E-state index is -0.300. The zero-order chi connectivity index (χ0) is 27.6. The van der Waals surface area contributed by atoms with Crippen LogP contribution in [0.25, 0.3) is 11.2 Å². The minimum absolute atomic E-state index is 0.0267. The summed E-state index contributed by atoms with van der Waals surface area (Å²) < 4.78 is 8.51. The Morgan fingerprint density at radius 1 is 1.00 bits per heavy atom. The van der Waals surface area contributed by atoms with Crippen LogP contribution in [0.1, 0.15) is 23.6 Å². The molecule has 0 aliphatic carbocycles. The highest BCUT2D eigenvalue weighted by molar-refractivity contribution is 9.10. The largest absolute Gasteiger partial charge is 0.445 e. The fourth-order valence-corrected chi connectivity index (χ4v) is 6.24. The Morgan fingerprint density at radius 2 is 1.85 bits per heavy atom. The van der Waals surface area contributed by atoms with Gasteiger partial charge in [0.25, 0.3) is 0 Å². The Morgan fingerprint density at radius 3 is 2.67 bits per heavy atom. The molecule has 4 heterocycles. The average Bonchev–Trinajstić information content (AvgIpc) is 3.39. The summed E-state index contributed by atoms with van der Waals surface area (Å²) in [7, 11) is 0. The van der Waals surface area contributed by atoms with E-state index in [0.717, 1.165) is 38.9 Å². The zero-order valence-corrected chi connectivity index (χ0v) is 24.0. The van der Waals surface area contributed by atoms with E-state index in [4.69, 9.17) is 4.74 Å². The van der Waals surface area contributed by atoms with Gasteiger partial charge in [-0.1, -0.05) is 46.3 Å². The highest BCUT2D eigenvalue weighted by Gasteiger charge is 2.32. The number of hydrogen-bond donors (Lipinski definition) is 0. The van der Waals surface area contributed by atoms with E-state index in [1.807, 2.05) is 51.9 Å². The molecule has 1 saturated heterocycles. The van der Waals surface area contributed by atoms with E-state index in [1.54, 1.807) is 17.4 Å². The molecule has 1 unspecified atom stereocenters. The van der Waals surface area contributed by atoms with Crippen molar-refractivity contribution in [1.82, 2.24) is 24.3 Å². The number of nitrogens with zero attached hydrogens (tertiary/aromatic N) is 6. The summed E-state index contributed by atoms with van der Waals surface area (Å²) >= 11 is 3.73. The van der Waals surface area contributed by atoms with E-state index in [-0.39, 0.29) is 31.2 Å². The average molecular weight is 604 g/mol. The molecule has 9 nitrogen and oxygen atoms in total. The molecule has 0 radical (unpaired) electrons. The Labute approximate surface area is 241 Å². The number of piperazine rings is 1. The van der Waals surface area contributed by atoms with E-state index in [9.17, 15) is 9.59 Å². The molecule has 40 heavy (non-hydrogen) atoms. The lowest BCUT2D eigenvalue weighted by Gasteiger charge is -2.42. The van der Waals surface area contributed by atoms with E-state index in [0.29, 0.717) is 32.7 Å². The molecule has 0 N–H and O–H groups in total. The van der Waals surface area contributed by atoms with Crippen LogP contribution in [-0.4, -0.2) is 68.6 Å². The van der Waals surface area contributed by atoms with Crippen LogP contribution in [0.2, 0.25) is 0 Å². The summed E-state index contributed by atoms with van der Waals surface area (Å²) in [5.41, 5.74) is 5.95. The number of carbonyl (C=O) groups excluding carboxylic acids is 2. The molecule has 10 heteroatoms. The number of rotatable bonds is 5. The fourth-order valence-electron chi connectivity index (χ4n) is 5.67. The van der Waals surface area contributed by atoms with Gasteiger partial charge in [-0.2, -0.15) is 0 Å². The van der Waals surface area contributed by atoms with Gasteiger partial charge < -0.3 is 24.0 Å². The number of amides is 2. The van der Waals surface area contributed by atoms with Crippen LogP contribution in [0.5, 0.6) is 0 Å². The summed E-state index contributed by atoms with van der Waals surface area (Å²) in [4.78, 5) is 41.1. The molecule has 0 spiro atoms. The predicted molar refractivity (Wildman–Crippen MR) is 156 cm³/mol. The van der Waals surface area contributed by atoms with Crippen LogP contribution in [0.4, 0.5) is 10.5 Å². The van der Waals surface area contributed by atoms with Crippen molar-refractivity contribution in [2.45, 2.75) is 39.1 Å². The van der Waals surface area contributed by atoms with Crippen LogP contribution < -0.4 is 4.90 Å². The lowest BCUT2D eigenvalue weighted by Crippen LogP contribution is -2.55. The van der Waals surface area contributed by atoms with Crippen molar-refractivity contribution in [2.75, 3.05) is 31.1 Å². The number of fused-ring (bicyclic) bond motifs is 2. The van der Waals surface area contributed by atoms with Gasteiger partial charge in [0.05, 0.1) is 12.9 Å². The number of benzene rings is 2. The van der Waals surface area contributed by atoms with Crippen molar-refractivity contribution in [3.8, 4) is 0 Å². The molecular formula is C30H31BrN6O3. The molecule has 0 saturated carbocycles. The van der Waals surface area contributed by atoms with Crippen LogP contribution in [0, 0.1) is 0 Å². The van der Waals surface area contributed by atoms with E-state index < -0.39 is 0 Å². The number of imidazole rings is 1. The zero-order valence-electron chi connectivity index (χ0n) is 22.4. The van der Waals surface area contributed by atoms with Crippen LogP contribution in [0.3, 0.4) is 0 Å². The fraction of sp³-hybridized carbons (Fsp3) is 0.333. The maximum absolute atomic E-state index is 13.3. The summed E-state index contributed by atoms with van der Waals surface area (Å²) in [6, 6.07) is 17.7. The highest BCUT2D eigenvalue weighted by atomic mass is 79.9. The van der Waals surface area contributed by atoms with Gasteiger partial charge in [0.15, 0.2) is 5.65 Å². The molecule has 206 valence electrons. The van der Waals surface area contributed by atoms with Crippen molar-refractivity contribution >= 4 is 44.8 Å². The van der Waals surface area contributed by atoms with Gasteiger partial charge in [-0.3, -0.25) is 4.79 Å². The first kappa shape index (κ1) is 26.3. The monoisotopic (exact) mass is 602 g/mol. The molecule has 2 amide bonds. The molecule has 6 rings (SSSR count). The topological polar surface area (TPSA) is 83.8 Å². The van der Waals surface area contributed by atoms with Gasteiger partial charge in [-0.05, 0) is 54.3 Å². The quantitative estimate of drug-likeness (QED) is 0.331. The second kappa shape index (κ2) is 11.3. The molecule has 4 aromatic rings. The number of carbonyl (C=O) groups is 2. The van der Waals surface area contributed by atoms with Crippen LogP contribution in [-0.2, 0) is 35.6 Å². The molecule has 1 atom stereocenters. The van der Waals surface area contributed by atoms with Crippen molar-refractivity contribution in [3.63, 3.8) is 0 Å². The lowest BCUT2D eigenvalue weighted by atomic mass is 9.96. The van der Waals surface area contributed by atoms with E-state index in [1.165, 1.54) is 5.56 Å². The van der Waals surface area contributed by atoms with Gasteiger partial charge >= 0.3 is 6.09 Å². The molecule has 2 aliphatic heterocycles. The van der Waals surface area contributed by atoms with Gasteiger partial charge in [0.1, 0.15) is 18.7 Å². The van der Waals surface area contributed by atoms with Crippen LogP contribution >= 0.6 is 15.9 Å². The number of ether oxygens (including phenoxy) is 1. The standard InChI is InChI=1S/C30H31BrN6O3/c1-21-16-34(14-15-37(21)28(38)18-36-20-33-26-8-5-12-32-29(26)36)27-10-9-25(31)23-11-13-35(17-24(23)27)30(39)40-19-22-6-3-2-4-7-22/h2-10,12,20-21H,11,13-19H2,1H3. The first-order valence-corrected chi connectivity index (χ1v) is 14.3. The van der Waals surface area contributed by atoms with E-state index >= 15 is 0 Å². The Kier molecular flexibility index (Phi) is 7.42. The predicted octanol–water partition coefficient (Wildman–Crippen LogP) is 4.63. The van der Waals surface area contributed by atoms with Crippen molar-refractivity contribution in [2.24, 2.45) is 0 Å². The minimum Gasteiger partial charge on any atom is -0.445 e. The summed E-state index contributed by atoms with van der Waals surface area (Å²) in [5, 5.41) is 0. The molecular weight excluding hydrogens is 572 g/mol. The number of pyridine rings is 1. The van der Waals surface area contributed by atoms with Crippen molar-refractivity contribution < 1.29 is 14.3 Å². The first-order chi connectivity index (χ1) is 19.5. The highest BCUT2D eigenvalue weighted by Crippen LogP contribution is 2.35. The second-order valence-corrected chi connectivity index (χ2v) is 11.2. The smallest absolute Gasteiger partial charge is 0.410 e. The number of halogens is 1. The third-order valence-electron chi connectivity index (χ3n) is 7.76. The second-order valence-electron chi connectivity index (χ2n) is 10.3. The molecule has 1 fully saturated rings. The number of anilines is 1. The van der Waals surface area contributed by atoms with E-state index in [2.05, 4.69) is 49.9 Å². The number of hydrogen-bond acceptors (Lipinski definition) is 6. The summed E-state index contributed by atoms with van der Waals surface area (Å²) in [5.74, 6) is 0.0577. The van der Waals surface area contributed by atoms with Gasteiger partial charge in [0, 0.05) is 48.6 Å². The van der Waals surface area contributed by atoms with Crippen LogP contribution in [0.15, 0.2) is 71.6 Å². The molecule has 0 bridgehead atoms. The van der Waals surface area contributed by atoms with Crippen molar-refractivity contribution in [3.05, 3.63) is 88.3 Å². The lowest BCUT2D eigenvalue weighted by molar-refractivity contribution is -0.134. The Hall–Kier alpha value is -3.92. The Bertz CT molecular complexity index is 1540. The Balaban J connectivity index is 1.13. The molecule has 2 aliphatic rings. The molecule has 2 aromatic carbocycles. The van der Waals surface area contributed by atoms with Crippen molar-refractivity contribution in [1.29, 1.82) is 0 Å².